The van der Waals surface area contributed by atoms with E-state index in [4.69, 9.17) is 4.74 Å². The number of piperidine rings is 1. The van der Waals surface area contributed by atoms with Gasteiger partial charge in [0.2, 0.25) is 5.91 Å². The van der Waals surface area contributed by atoms with Gasteiger partial charge in [0.25, 0.3) is 0 Å². The van der Waals surface area contributed by atoms with Gasteiger partial charge in [-0.05, 0) is 49.1 Å². The number of carbonyl (C=O) groups is 1. The molecule has 2 aromatic rings. The highest BCUT2D eigenvalue weighted by Crippen LogP contribution is 2.20. The molecule has 0 unspecified atom stereocenters. The first-order valence-electron chi connectivity index (χ1n) is 9.98. The Morgan fingerprint density at radius 1 is 1.24 bits per heavy atom. The molecule has 1 fully saturated rings. The fourth-order valence-corrected chi connectivity index (χ4v) is 3.55. The third-order valence-electron chi connectivity index (χ3n) is 5.29. The Balaban J connectivity index is 1.51. The zero-order valence-electron chi connectivity index (χ0n) is 17.4. The van der Waals surface area contributed by atoms with Gasteiger partial charge in [-0.25, -0.2) is 4.68 Å². The second-order valence-corrected chi connectivity index (χ2v) is 7.16. The number of hydrogen-bond acceptors (Lipinski definition) is 4. The van der Waals surface area contributed by atoms with Crippen LogP contribution < -0.4 is 15.4 Å². The number of guanidine groups is 1. The second-order valence-electron chi connectivity index (χ2n) is 7.16. The molecule has 0 atom stereocenters. The fraction of sp³-hybridized carbons (Fsp3) is 0.476. The fourth-order valence-electron chi connectivity index (χ4n) is 3.55. The van der Waals surface area contributed by atoms with Gasteiger partial charge in [-0.15, -0.1) is 0 Å². The van der Waals surface area contributed by atoms with E-state index in [0.717, 1.165) is 49.0 Å². The van der Waals surface area contributed by atoms with Crippen LogP contribution in [0.3, 0.4) is 0 Å². The monoisotopic (exact) mass is 398 g/mol. The molecule has 1 saturated heterocycles. The maximum absolute atomic E-state index is 11.6. The van der Waals surface area contributed by atoms with Crippen molar-refractivity contribution in [1.82, 2.24) is 25.3 Å². The highest BCUT2D eigenvalue weighted by molar-refractivity contribution is 5.80. The number of aliphatic imine (C=N–C) groups is 1. The van der Waals surface area contributed by atoms with Crippen LogP contribution in [-0.4, -0.2) is 60.8 Å². The lowest BCUT2D eigenvalue weighted by Gasteiger charge is -2.34. The molecule has 156 valence electrons. The lowest BCUT2D eigenvalue weighted by Crippen LogP contribution is -2.45. The van der Waals surface area contributed by atoms with Gasteiger partial charge in [0, 0.05) is 39.8 Å². The van der Waals surface area contributed by atoms with Crippen LogP contribution in [0.5, 0.6) is 5.75 Å². The molecule has 0 spiro atoms. The van der Waals surface area contributed by atoms with Crippen molar-refractivity contribution in [3.05, 3.63) is 42.2 Å². The van der Waals surface area contributed by atoms with E-state index in [0.29, 0.717) is 18.9 Å². The van der Waals surface area contributed by atoms with Crippen molar-refractivity contribution < 1.29 is 9.53 Å². The zero-order chi connectivity index (χ0) is 20.6. The highest BCUT2D eigenvalue weighted by atomic mass is 16.5. The van der Waals surface area contributed by atoms with E-state index in [1.807, 2.05) is 41.2 Å². The molecule has 1 aromatic heterocycles. The number of nitrogens with zero attached hydrogens (tertiary/aromatic N) is 4. The lowest BCUT2D eigenvalue weighted by atomic mass is 9.93. The first-order chi connectivity index (χ1) is 14.1. The molecular formula is C21H30N6O2. The third kappa shape index (κ3) is 5.49. The summed E-state index contributed by atoms with van der Waals surface area (Å²) in [5.41, 5.74) is 1.93. The van der Waals surface area contributed by atoms with Crippen molar-refractivity contribution in [2.75, 3.05) is 34.3 Å². The summed E-state index contributed by atoms with van der Waals surface area (Å²) in [7, 11) is 5.15. The largest absolute Gasteiger partial charge is 0.497 e. The van der Waals surface area contributed by atoms with Gasteiger partial charge in [0.15, 0.2) is 5.96 Å². The van der Waals surface area contributed by atoms with Crippen molar-refractivity contribution in [1.29, 1.82) is 0 Å². The maximum atomic E-state index is 11.6. The van der Waals surface area contributed by atoms with E-state index in [9.17, 15) is 4.79 Å². The van der Waals surface area contributed by atoms with Gasteiger partial charge < -0.3 is 20.3 Å². The quantitative estimate of drug-likeness (QED) is 0.573. The van der Waals surface area contributed by atoms with Crippen molar-refractivity contribution in [2.45, 2.75) is 25.8 Å². The SMILES string of the molecule is CN=C(NCc1ccn(-c2ccc(OC)cc2)n1)N1CCC(CC(=O)NC)CC1. The number of carbonyl (C=O) groups excluding carboxylic acids is 1. The van der Waals surface area contributed by atoms with Crippen LogP contribution in [0.1, 0.15) is 25.0 Å². The van der Waals surface area contributed by atoms with E-state index >= 15 is 0 Å². The smallest absolute Gasteiger partial charge is 0.220 e. The van der Waals surface area contributed by atoms with Gasteiger partial charge in [-0.3, -0.25) is 9.79 Å². The molecule has 0 bridgehead atoms. The number of nitrogens with one attached hydrogen (secondary N) is 2. The Hall–Kier alpha value is -3.03. The minimum atomic E-state index is 0.124. The zero-order valence-corrected chi connectivity index (χ0v) is 17.4. The van der Waals surface area contributed by atoms with Crippen molar-refractivity contribution in [2.24, 2.45) is 10.9 Å². The average molecular weight is 399 g/mol. The standard InChI is InChI=1S/C21H30N6O2/c1-22-20(28)14-16-8-11-26(12-9-16)21(23-2)24-15-17-10-13-27(25-17)18-4-6-19(29-3)7-5-18/h4-7,10,13,16H,8-9,11-12,14-15H2,1-3H3,(H,22,28)(H,23,24). The molecular weight excluding hydrogens is 368 g/mol. The summed E-state index contributed by atoms with van der Waals surface area (Å²) in [6, 6.07) is 9.80. The average Bonchev–Trinajstić information content (AvgIpc) is 3.24. The summed E-state index contributed by atoms with van der Waals surface area (Å²) >= 11 is 0. The van der Waals surface area contributed by atoms with E-state index < -0.39 is 0 Å². The number of benzene rings is 1. The van der Waals surface area contributed by atoms with Crippen LogP contribution in [0.4, 0.5) is 0 Å². The van der Waals surface area contributed by atoms with Gasteiger partial charge in [0.05, 0.1) is 25.0 Å². The van der Waals surface area contributed by atoms with E-state index in [2.05, 4.69) is 25.6 Å². The van der Waals surface area contributed by atoms with E-state index in [1.165, 1.54) is 0 Å². The van der Waals surface area contributed by atoms with Crippen LogP contribution in [0, 0.1) is 5.92 Å². The number of ether oxygens (including phenoxy) is 1. The lowest BCUT2D eigenvalue weighted by molar-refractivity contribution is -0.121. The van der Waals surface area contributed by atoms with Gasteiger partial charge in [-0.1, -0.05) is 0 Å². The molecule has 3 rings (SSSR count). The number of rotatable bonds is 6. The third-order valence-corrected chi connectivity index (χ3v) is 5.29. The summed E-state index contributed by atoms with van der Waals surface area (Å²) in [5, 5.41) is 10.8. The number of methoxy groups -OCH3 is 1. The molecule has 1 aliphatic heterocycles. The normalized spacial score (nSPS) is 15.3. The molecule has 0 saturated carbocycles. The summed E-state index contributed by atoms with van der Waals surface area (Å²) in [4.78, 5) is 18.2. The Morgan fingerprint density at radius 2 is 1.97 bits per heavy atom. The predicted octanol–water partition coefficient (Wildman–Crippen LogP) is 1.80. The first-order valence-corrected chi connectivity index (χ1v) is 9.98. The Bertz CT molecular complexity index is 822. The summed E-state index contributed by atoms with van der Waals surface area (Å²) in [5.74, 6) is 2.27. The molecule has 2 N–H and O–H groups in total. The Labute approximate surface area is 171 Å². The molecule has 0 radical (unpaired) electrons. The number of likely N-dealkylation sites (tertiary alicyclic amines) is 1. The van der Waals surface area contributed by atoms with Crippen LogP contribution in [0.2, 0.25) is 0 Å². The molecule has 2 heterocycles. The number of amides is 1. The summed E-state index contributed by atoms with van der Waals surface area (Å²) < 4.78 is 7.05. The minimum Gasteiger partial charge on any atom is -0.497 e. The topological polar surface area (TPSA) is 83.8 Å². The van der Waals surface area contributed by atoms with Crippen LogP contribution in [0.15, 0.2) is 41.5 Å². The molecule has 8 nitrogen and oxygen atoms in total. The first kappa shape index (κ1) is 20.7. The summed E-state index contributed by atoms with van der Waals surface area (Å²) in [6.07, 6.45) is 4.56. The maximum Gasteiger partial charge on any atom is 0.220 e. The van der Waals surface area contributed by atoms with E-state index in [-0.39, 0.29) is 5.91 Å². The molecule has 0 aliphatic carbocycles. The van der Waals surface area contributed by atoms with Crippen LogP contribution in [-0.2, 0) is 11.3 Å². The number of aromatic nitrogens is 2. The molecule has 1 amide bonds. The van der Waals surface area contributed by atoms with Gasteiger partial charge >= 0.3 is 0 Å². The number of hydrogen-bond donors (Lipinski definition) is 2. The second kappa shape index (κ2) is 9.95. The Kier molecular flexibility index (Phi) is 7.10. The minimum absolute atomic E-state index is 0.124. The molecule has 8 heteroatoms. The van der Waals surface area contributed by atoms with Gasteiger partial charge in [-0.2, -0.15) is 5.10 Å². The van der Waals surface area contributed by atoms with Crippen molar-refractivity contribution in [3.8, 4) is 11.4 Å². The van der Waals surface area contributed by atoms with Crippen molar-refractivity contribution >= 4 is 11.9 Å². The summed E-state index contributed by atoms with van der Waals surface area (Å²) in [6.45, 7) is 2.41. The van der Waals surface area contributed by atoms with Gasteiger partial charge in [0.1, 0.15) is 5.75 Å². The van der Waals surface area contributed by atoms with Crippen LogP contribution in [0.25, 0.3) is 5.69 Å². The molecule has 1 aromatic carbocycles. The molecule has 29 heavy (non-hydrogen) atoms. The van der Waals surface area contributed by atoms with E-state index in [1.54, 1.807) is 21.2 Å². The van der Waals surface area contributed by atoms with Crippen molar-refractivity contribution in [3.63, 3.8) is 0 Å². The highest BCUT2D eigenvalue weighted by Gasteiger charge is 2.23. The predicted molar refractivity (Wildman–Crippen MR) is 113 cm³/mol. The molecule has 1 aliphatic rings. The van der Waals surface area contributed by atoms with Crippen LogP contribution >= 0.6 is 0 Å². The Morgan fingerprint density at radius 3 is 2.59 bits per heavy atom.